The summed E-state index contributed by atoms with van der Waals surface area (Å²) in [7, 11) is 2.78. The molecule has 3 rings (SSSR count). The molecule has 36 heavy (non-hydrogen) atoms. The summed E-state index contributed by atoms with van der Waals surface area (Å²) in [6, 6.07) is 11.2. The molecule has 0 spiro atoms. The third-order valence-electron chi connectivity index (χ3n) is 5.12. The van der Waals surface area contributed by atoms with Gasteiger partial charge in [0.15, 0.2) is 6.61 Å². The van der Waals surface area contributed by atoms with Crippen LogP contribution < -0.4 is 25.8 Å². The van der Waals surface area contributed by atoms with E-state index >= 15 is 0 Å². The molecule has 3 N–H and O–H groups in total. The van der Waals surface area contributed by atoms with Crippen LogP contribution in [0.3, 0.4) is 0 Å². The van der Waals surface area contributed by atoms with Gasteiger partial charge in [-0.1, -0.05) is 22.0 Å². The van der Waals surface area contributed by atoms with Crippen molar-refractivity contribution in [1.29, 1.82) is 0 Å². The molecular weight excluding hydrogens is 540 g/mol. The van der Waals surface area contributed by atoms with Gasteiger partial charge in [-0.25, -0.2) is 0 Å². The lowest BCUT2D eigenvalue weighted by Crippen LogP contribution is -2.44. The molecule has 2 aromatic carbocycles. The van der Waals surface area contributed by atoms with Crippen molar-refractivity contribution >= 4 is 45.5 Å². The normalized spacial score (nSPS) is 14.6. The van der Waals surface area contributed by atoms with Crippen molar-refractivity contribution in [3.05, 3.63) is 58.1 Å². The second-order valence-electron chi connectivity index (χ2n) is 7.50. The Balaban J connectivity index is 1.48. The summed E-state index contributed by atoms with van der Waals surface area (Å²) in [6.07, 6.45) is -0.218. The lowest BCUT2D eigenvalue weighted by atomic mass is 10.1. The molecule has 12 nitrogen and oxygen atoms in total. The summed E-state index contributed by atoms with van der Waals surface area (Å²) < 4.78 is 16.1. The van der Waals surface area contributed by atoms with Crippen molar-refractivity contribution in [3.8, 4) is 11.5 Å². The third-order valence-corrected chi connectivity index (χ3v) is 5.65. The number of halogens is 1. The molecule has 4 amide bonds. The number of hydrogen-bond acceptors (Lipinski definition) is 8. The Morgan fingerprint density at radius 3 is 2.22 bits per heavy atom. The van der Waals surface area contributed by atoms with Gasteiger partial charge in [-0.3, -0.25) is 45.3 Å². The van der Waals surface area contributed by atoms with Gasteiger partial charge in [0.2, 0.25) is 5.91 Å². The van der Waals surface area contributed by atoms with E-state index in [-0.39, 0.29) is 30.0 Å². The van der Waals surface area contributed by atoms with Gasteiger partial charge in [0, 0.05) is 16.5 Å². The number of nitrogens with one attached hydrogen (secondary N) is 3. The predicted molar refractivity (Wildman–Crippen MR) is 128 cm³/mol. The van der Waals surface area contributed by atoms with Crippen LogP contribution in [-0.2, 0) is 19.1 Å². The predicted octanol–water partition coefficient (Wildman–Crippen LogP) is 0.964. The molecule has 0 aromatic heterocycles. The van der Waals surface area contributed by atoms with Crippen molar-refractivity contribution in [3.63, 3.8) is 0 Å². The number of amides is 4. The largest absolute Gasteiger partial charge is 0.496 e. The molecule has 0 radical (unpaired) electrons. The minimum atomic E-state index is -0.900. The average Bonchev–Trinajstić information content (AvgIpc) is 3.25. The summed E-state index contributed by atoms with van der Waals surface area (Å²) in [5.74, 6) is -3.71. The summed E-state index contributed by atoms with van der Waals surface area (Å²) in [5.41, 5.74) is 7.19. The number of esters is 1. The number of nitrogens with zero attached hydrogens (tertiary/aromatic N) is 1. The first-order chi connectivity index (χ1) is 17.2. The van der Waals surface area contributed by atoms with E-state index in [9.17, 15) is 24.0 Å². The van der Waals surface area contributed by atoms with Crippen LogP contribution in [-0.4, -0.2) is 62.0 Å². The van der Waals surface area contributed by atoms with E-state index in [2.05, 4.69) is 32.2 Å². The molecule has 2 aromatic rings. The standard InChI is InChI=1S/C23H23BrN4O8/c1-34-16-4-3-5-17(35-2)20(16)22(32)27-28-11-14(10-19(28)30)23(33)36-12-18(29)25-26-21(31)13-6-8-15(24)9-7-13/h3-9,14H,10-12H2,1-2H3,(H,25,29)(H,26,31)(H,27,32)/t14-/m1/s1. The summed E-state index contributed by atoms with van der Waals surface area (Å²) in [6.45, 7) is -0.822. The van der Waals surface area contributed by atoms with Gasteiger partial charge in [-0.05, 0) is 36.4 Å². The summed E-state index contributed by atoms with van der Waals surface area (Å²) in [5, 5.41) is 0.999. The topological polar surface area (TPSA) is 152 Å². The van der Waals surface area contributed by atoms with Crippen LogP contribution in [0.1, 0.15) is 27.1 Å². The van der Waals surface area contributed by atoms with E-state index in [1.807, 2.05) is 0 Å². The molecule has 0 aliphatic carbocycles. The van der Waals surface area contributed by atoms with Gasteiger partial charge >= 0.3 is 5.97 Å². The highest BCUT2D eigenvalue weighted by Gasteiger charge is 2.37. The fraction of sp³-hybridized carbons (Fsp3) is 0.261. The highest BCUT2D eigenvalue weighted by atomic mass is 79.9. The second kappa shape index (κ2) is 12.0. The number of carbonyl (C=O) groups excluding carboxylic acids is 5. The highest BCUT2D eigenvalue weighted by Crippen LogP contribution is 2.28. The molecule has 0 bridgehead atoms. The number of ether oxygens (including phenoxy) is 3. The number of methoxy groups -OCH3 is 2. The third kappa shape index (κ3) is 6.50. The molecular formula is C23H23BrN4O8. The van der Waals surface area contributed by atoms with Crippen molar-refractivity contribution < 1.29 is 38.2 Å². The van der Waals surface area contributed by atoms with E-state index in [0.29, 0.717) is 5.56 Å². The maximum absolute atomic E-state index is 12.8. The first-order valence-electron chi connectivity index (χ1n) is 10.6. The number of hydrazine groups is 2. The highest BCUT2D eigenvalue weighted by molar-refractivity contribution is 9.10. The zero-order chi connectivity index (χ0) is 26.2. The first-order valence-corrected chi connectivity index (χ1v) is 11.4. The zero-order valence-electron chi connectivity index (χ0n) is 19.3. The molecule has 0 unspecified atom stereocenters. The van der Waals surface area contributed by atoms with Crippen molar-refractivity contribution in [2.45, 2.75) is 6.42 Å². The lowest BCUT2D eigenvalue weighted by Gasteiger charge is -2.19. The molecule has 1 saturated heterocycles. The van der Waals surface area contributed by atoms with Crippen LogP contribution >= 0.6 is 15.9 Å². The minimum absolute atomic E-state index is 0.0863. The monoisotopic (exact) mass is 562 g/mol. The number of hydrogen-bond donors (Lipinski definition) is 3. The van der Waals surface area contributed by atoms with Crippen LogP contribution in [0, 0.1) is 5.92 Å². The summed E-state index contributed by atoms with van der Waals surface area (Å²) in [4.78, 5) is 61.4. The molecule has 1 heterocycles. The number of rotatable bonds is 8. The molecule has 1 atom stereocenters. The zero-order valence-corrected chi connectivity index (χ0v) is 20.9. The van der Waals surface area contributed by atoms with Gasteiger partial charge < -0.3 is 14.2 Å². The second-order valence-corrected chi connectivity index (χ2v) is 8.42. The van der Waals surface area contributed by atoms with Crippen molar-refractivity contribution in [2.75, 3.05) is 27.4 Å². The van der Waals surface area contributed by atoms with Crippen molar-refractivity contribution in [1.82, 2.24) is 21.3 Å². The maximum Gasteiger partial charge on any atom is 0.311 e. The van der Waals surface area contributed by atoms with Crippen LogP contribution in [0.25, 0.3) is 0 Å². The Kier molecular flexibility index (Phi) is 8.84. The molecule has 1 fully saturated rings. The van der Waals surface area contributed by atoms with Crippen molar-refractivity contribution in [2.24, 2.45) is 5.92 Å². The van der Waals surface area contributed by atoms with E-state index < -0.39 is 42.1 Å². The Hall–Kier alpha value is -4.13. The Labute approximate surface area is 214 Å². The van der Waals surface area contributed by atoms with Gasteiger partial charge in [0.1, 0.15) is 17.1 Å². The quantitative estimate of drug-likeness (QED) is 0.318. The van der Waals surface area contributed by atoms with E-state index in [4.69, 9.17) is 14.2 Å². The maximum atomic E-state index is 12.8. The molecule has 190 valence electrons. The van der Waals surface area contributed by atoms with Crippen LogP contribution in [0.5, 0.6) is 11.5 Å². The molecule has 0 saturated carbocycles. The fourth-order valence-corrected chi connectivity index (χ4v) is 3.58. The summed E-state index contributed by atoms with van der Waals surface area (Å²) >= 11 is 3.26. The van der Waals surface area contributed by atoms with Gasteiger partial charge in [0.05, 0.1) is 26.7 Å². The van der Waals surface area contributed by atoms with Gasteiger partial charge in [-0.2, -0.15) is 0 Å². The lowest BCUT2D eigenvalue weighted by molar-refractivity contribution is -0.152. The molecule has 13 heteroatoms. The van der Waals surface area contributed by atoms with Crippen LogP contribution in [0.15, 0.2) is 46.9 Å². The van der Waals surface area contributed by atoms with Crippen LogP contribution in [0.2, 0.25) is 0 Å². The number of carbonyl (C=O) groups is 5. The molecule has 1 aliphatic heterocycles. The number of benzene rings is 2. The first kappa shape index (κ1) is 26.5. The van der Waals surface area contributed by atoms with Crippen LogP contribution in [0.4, 0.5) is 0 Å². The SMILES string of the molecule is COc1cccc(OC)c1C(=O)NN1C[C@H](C(=O)OCC(=O)NNC(=O)c2ccc(Br)cc2)CC1=O. The Morgan fingerprint density at radius 2 is 1.61 bits per heavy atom. The van der Waals surface area contributed by atoms with Gasteiger partial charge in [0.25, 0.3) is 17.7 Å². The molecule has 1 aliphatic rings. The van der Waals surface area contributed by atoms with Gasteiger partial charge in [-0.15, -0.1) is 0 Å². The minimum Gasteiger partial charge on any atom is -0.496 e. The smallest absolute Gasteiger partial charge is 0.311 e. The van der Waals surface area contributed by atoms with E-state index in [0.717, 1.165) is 9.48 Å². The Bertz CT molecular complexity index is 1150. The Morgan fingerprint density at radius 1 is 0.972 bits per heavy atom. The van der Waals surface area contributed by atoms with E-state index in [1.54, 1.807) is 42.5 Å². The fourth-order valence-electron chi connectivity index (χ4n) is 3.32. The van der Waals surface area contributed by atoms with E-state index in [1.165, 1.54) is 14.2 Å². The average molecular weight is 563 g/mol.